The topological polar surface area (TPSA) is 68.3 Å². The van der Waals surface area contributed by atoms with Crippen molar-refractivity contribution in [1.29, 1.82) is 0 Å². The van der Waals surface area contributed by atoms with Crippen molar-refractivity contribution in [3.05, 3.63) is 53.6 Å². The Morgan fingerprint density at radius 3 is 2.37 bits per heavy atom. The van der Waals surface area contributed by atoms with Crippen molar-refractivity contribution in [2.75, 3.05) is 12.0 Å². The van der Waals surface area contributed by atoms with Crippen molar-refractivity contribution < 1.29 is 25.6 Å². The molecule has 150 valence electrons. The van der Waals surface area contributed by atoms with Gasteiger partial charge in [-0.15, -0.1) is 0 Å². The van der Waals surface area contributed by atoms with Crippen LogP contribution in [-0.2, 0) is 19.7 Å². The van der Waals surface area contributed by atoms with E-state index in [4.69, 9.17) is 0 Å². The summed E-state index contributed by atoms with van der Waals surface area (Å²) in [5.41, 5.74) is 0.537. The lowest BCUT2D eigenvalue weighted by atomic mass is 9.92. The lowest BCUT2D eigenvalue weighted by Gasteiger charge is -2.28. The van der Waals surface area contributed by atoms with Crippen LogP contribution in [0.5, 0.6) is 0 Å². The van der Waals surface area contributed by atoms with Crippen molar-refractivity contribution in [2.45, 2.75) is 42.8 Å². The summed E-state index contributed by atoms with van der Waals surface area (Å²) < 4.78 is 77.2. The number of benzene rings is 1. The Hall–Kier alpha value is -1.54. The van der Waals surface area contributed by atoms with Gasteiger partial charge in [0.25, 0.3) is 0 Å². The number of unbranched alkanes of at least 4 members (excludes halogenated alkanes) is 1. The Morgan fingerprint density at radius 2 is 1.74 bits per heavy atom. The maximum absolute atomic E-state index is 14.4. The van der Waals surface area contributed by atoms with Crippen molar-refractivity contribution in [3.63, 3.8) is 0 Å². The standard InChI is InChI=1S/C19H24F2O4S2/c1-14-7-3-4-8-18(14)27(24,25)19(9-5-6-12-26(2,22)23)16-13-15(20)10-11-17(16)21/h3-4,7-8,10-11,16,19H,5-6,9,12-13H2,1-2H3. The molecule has 0 spiro atoms. The summed E-state index contributed by atoms with van der Waals surface area (Å²) in [6.07, 6.45) is 3.40. The van der Waals surface area contributed by atoms with Crippen molar-refractivity contribution in [3.8, 4) is 0 Å². The molecule has 8 heteroatoms. The third-order valence-electron chi connectivity index (χ3n) is 4.69. The van der Waals surface area contributed by atoms with Gasteiger partial charge in [0.15, 0.2) is 9.84 Å². The first-order chi connectivity index (χ1) is 12.5. The maximum atomic E-state index is 14.4. The first-order valence-corrected chi connectivity index (χ1v) is 12.3. The van der Waals surface area contributed by atoms with E-state index in [1.54, 1.807) is 25.1 Å². The molecule has 0 radical (unpaired) electrons. The van der Waals surface area contributed by atoms with Crippen molar-refractivity contribution >= 4 is 19.7 Å². The van der Waals surface area contributed by atoms with Gasteiger partial charge in [0, 0.05) is 24.3 Å². The van der Waals surface area contributed by atoms with Gasteiger partial charge in [0.2, 0.25) is 0 Å². The molecule has 4 nitrogen and oxygen atoms in total. The molecule has 0 bridgehead atoms. The Morgan fingerprint density at radius 1 is 1.07 bits per heavy atom. The smallest absolute Gasteiger partial charge is 0.182 e. The lowest BCUT2D eigenvalue weighted by Crippen LogP contribution is -2.32. The molecule has 0 heterocycles. The predicted molar refractivity (Wildman–Crippen MR) is 102 cm³/mol. The molecule has 0 saturated heterocycles. The number of hydrogen-bond acceptors (Lipinski definition) is 4. The molecular weight excluding hydrogens is 394 g/mol. The number of rotatable bonds is 8. The predicted octanol–water partition coefficient (Wildman–Crippen LogP) is 4.08. The van der Waals surface area contributed by atoms with E-state index in [2.05, 4.69) is 0 Å². The van der Waals surface area contributed by atoms with E-state index in [1.165, 1.54) is 6.07 Å². The fraction of sp³-hybridized carbons (Fsp3) is 0.474. The molecule has 0 aromatic heterocycles. The average molecular weight is 419 g/mol. The molecular formula is C19H24F2O4S2. The van der Waals surface area contributed by atoms with Gasteiger partial charge in [0.1, 0.15) is 21.5 Å². The maximum Gasteiger partial charge on any atom is 0.182 e. The van der Waals surface area contributed by atoms with Crippen molar-refractivity contribution in [2.24, 2.45) is 5.92 Å². The minimum Gasteiger partial charge on any atom is -0.229 e. The SMILES string of the molecule is Cc1ccccc1S(=O)(=O)C(CCCCS(C)(=O)=O)C1CC(F)=CC=C1F. The second-order valence-corrected chi connectivity index (χ2v) is 11.3. The van der Waals surface area contributed by atoms with Crippen LogP contribution in [0.1, 0.15) is 31.2 Å². The molecule has 27 heavy (non-hydrogen) atoms. The lowest BCUT2D eigenvalue weighted by molar-refractivity contribution is 0.383. The third-order valence-corrected chi connectivity index (χ3v) is 8.16. The molecule has 0 amide bonds. The summed E-state index contributed by atoms with van der Waals surface area (Å²) in [7, 11) is -7.09. The van der Waals surface area contributed by atoms with Gasteiger partial charge in [-0.2, -0.15) is 0 Å². The van der Waals surface area contributed by atoms with E-state index in [0.717, 1.165) is 18.4 Å². The highest BCUT2D eigenvalue weighted by Gasteiger charge is 2.38. The zero-order valence-corrected chi connectivity index (χ0v) is 17.0. The molecule has 0 aliphatic heterocycles. The molecule has 2 unspecified atom stereocenters. The normalized spacial score (nSPS) is 19.3. The summed E-state index contributed by atoms with van der Waals surface area (Å²) in [5, 5.41) is -1.16. The average Bonchev–Trinajstić information content (AvgIpc) is 2.56. The van der Waals surface area contributed by atoms with Crippen LogP contribution in [0.25, 0.3) is 0 Å². The summed E-state index contributed by atoms with van der Waals surface area (Å²) in [6, 6.07) is 6.42. The Labute approximate surface area is 159 Å². The highest BCUT2D eigenvalue weighted by molar-refractivity contribution is 7.92. The summed E-state index contributed by atoms with van der Waals surface area (Å²) in [4.78, 5) is 0.0980. The Bertz CT molecular complexity index is 948. The summed E-state index contributed by atoms with van der Waals surface area (Å²) in [5.74, 6) is -2.41. The minimum absolute atomic E-state index is 0.0609. The van der Waals surface area contributed by atoms with Crippen LogP contribution in [-0.4, -0.2) is 34.1 Å². The van der Waals surface area contributed by atoms with E-state index < -0.39 is 42.5 Å². The fourth-order valence-corrected chi connectivity index (χ4v) is 6.27. The largest absolute Gasteiger partial charge is 0.229 e. The quantitative estimate of drug-likeness (QED) is 0.597. The number of hydrogen-bond donors (Lipinski definition) is 0. The molecule has 1 aromatic carbocycles. The minimum atomic E-state index is -3.93. The van der Waals surface area contributed by atoms with Crippen molar-refractivity contribution in [1.82, 2.24) is 0 Å². The summed E-state index contributed by atoms with van der Waals surface area (Å²) in [6.45, 7) is 1.65. The van der Waals surface area contributed by atoms with Gasteiger partial charge in [-0.25, -0.2) is 25.6 Å². The fourth-order valence-electron chi connectivity index (χ4n) is 3.30. The number of halogens is 2. The number of aryl methyl sites for hydroxylation is 1. The Balaban J connectivity index is 2.33. The van der Waals surface area contributed by atoms with E-state index in [9.17, 15) is 25.6 Å². The molecule has 1 aliphatic carbocycles. The van der Waals surface area contributed by atoms with Gasteiger partial charge in [0.05, 0.1) is 10.1 Å². The van der Waals surface area contributed by atoms with E-state index in [1.807, 2.05) is 0 Å². The zero-order chi connectivity index (χ0) is 20.2. The molecule has 1 aliphatic rings. The molecule has 0 saturated carbocycles. The zero-order valence-electron chi connectivity index (χ0n) is 15.4. The third kappa shape index (κ3) is 5.72. The van der Waals surface area contributed by atoms with Crippen LogP contribution in [0, 0.1) is 12.8 Å². The molecule has 0 fully saturated rings. The van der Waals surface area contributed by atoms with Crippen LogP contribution in [0.2, 0.25) is 0 Å². The first-order valence-electron chi connectivity index (χ1n) is 8.71. The number of sulfone groups is 2. The second kappa shape index (κ2) is 8.65. The molecule has 2 atom stereocenters. The van der Waals surface area contributed by atoms with Gasteiger partial charge in [-0.05, 0) is 43.5 Å². The van der Waals surface area contributed by atoms with Crippen LogP contribution < -0.4 is 0 Å². The van der Waals surface area contributed by atoms with Crippen LogP contribution in [0.15, 0.2) is 53.0 Å². The highest BCUT2D eigenvalue weighted by atomic mass is 32.2. The van der Waals surface area contributed by atoms with E-state index in [0.29, 0.717) is 5.56 Å². The second-order valence-electron chi connectivity index (χ2n) is 6.95. The highest BCUT2D eigenvalue weighted by Crippen LogP contribution is 2.37. The number of allylic oxidation sites excluding steroid dienone is 4. The van der Waals surface area contributed by atoms with Gasteiger partial charge in [-0.1, -0.05) is 24.6 Å². The van der Waals surface area contributed by atoms with Gasteiger partial charge in [-0.3, -0.25) is 0 Å². The van der Waals surface area contributed by atoms with Crippen LogP contribution in [0.4, 0.5) is 8.78 Å². The van der Waals surface area contributed by atoms with Gasteiger partial charge < -0.3 is 0 Å². The Kier molecular flexibility index (Phi) is 6.97. The van der Waals surface area contributed by atoms with Crippen LogP contribution >= 0.6 is 0 Å². The monoisotopic (exact) mass is 418 g/mol. The first kappa shape index (κ1) is 21.8. The molecule has 1 aromatic rings. The van der Waals surface area contributed by atoms with E-state index in [-0.39, 0.29) is 36.3 Å². The van der Waals surface area contributed by atoms with Gasteiger partial charge >= 0.3 is 0 Å². The van der Waals surface area contributed by atoms with E-state index >= 15 is 0 Å². The summed E-state index contributed by atoms with van der Waals surface area (Å²) >= 11 is 0. The molecule has 0 N–H and O–H groups in total. The van der Waals surface area contributed by atoms with Crippen LogP contribution in [0.3, 0.4) is 0 Å². The molecule has 2 rings (SSSR count).